The summed E-state index contributed by atoms with van der Waals surface area (Å²) in [6, 6.07) is -0.764. The Kier molecular flexibility index (Phi) is 3.37. The molecule has 2 N–H and O–H groups in total. The lowest BCUT2D eigenvalue weighted by Crippen LogP contribution is -2.53. The zero-order valence-electron chi connectivity index (χ0n) is 8.20. The molecule has 1 aliphatic heterocycles. The van der Waals surface area contributed by atoms with Gasteiger partial charge in [-0.1, -0.05) is 0 Å². The Labute approximate surface area is 85.8 Å². The third kappa shape index (κ3) is 2.76. The average Bonchev–Trinajstić information content (AvgIpc) is 2.15. The number of amides is 5. The topological polar surface area (TPSA) is 95.6 Å². The van der Waals surface area contributed by atoms with Crippen molar-refractivity contribution < 1.29 is 19.2 Å². The molecule has 1 rings (SSSR count). The van der Waals surface area contributed by atoms with Crippen molar-refractivity contribution in [3.8, 4) is 0 Å². The van der Waals surface area contributed by atoms with E-state index in [-0.39, 0.29) is 25.3 Å². The summed E-state index contributed by atoms with van der Waals surface area (Å²) >= 11 is 0. The summed E-state index contributed by atoms with van der Waals surface area (Å²) in [5.74, 6) is -1.46. The molecule has 0 spiro atoms. The number of barbiturate groups is 1. The monoisotopic (exact) mass is 213 g/mol. The van der Waals surface area contributed by atoms with Crippen molar-refractivity contribution in [2.24, 2.45) is 0 Å². The van der Waals surface area contributed by atoms with Crippen LogP contribution < -0.4 is 10.6 Å². The van der Waals surface area contributed by atoms with Crippen LogP contribution in [0.3, 0.4) is 0 Å². The van der Waals surface area contributed by atoms with Crippen LogP contribution in [0.2, 0.25) is 0 Å². The van der Waals surface area contributed by atoms with Gasteiger partial charge in [-0.25, -0.2) is 4.79 Å². The lowest BCUT2D eigenvalue weighted by Gasteiger charge is -2.24. The maximum Gasteiger partial charge on any atom is 0.330 e. The fourth-order valence-electron chi connectivity index (χ4n) is 1.14. The number of hydrogen-bond acceptors (Lipinski definition) is 4. The van der Waals surface area contributed by atoms with E-state index in [0.29, 0.717) is 0 Å². The van der Waals surface area contributed by atoms with E-state index in [9.17, 15) is 19.2 Å². The first-order valence-electron chi connectivity index (χ1n) is 4.39. The number of carbonyl (C=O) groups excluding carboxylic acids is 4. The number of carbonyl (C=O) groups is 4. The summed E-state index contributed by atoms with van der Waals surface area (Å²) < 4.78 is 0. The Bertz CT molecular complexity index is 306. The molecule has 1 saturated heterocycles. The van der Waals surface area contributed by atoms with Gasteiger partial charge in [0.15, 0.2) is 0 Å². The van der Waals surface area contributed by atoms with Crippen molar-refractivity contribution in [2.75, 3.05) is 13.6 Å². The highest BCUT2D eigenvalue weighted by Gasteiger charge is 2.30. The molecule has 5 amide bonds. The molecule has 0 aromatic rings. The number of imide groups is 2. The van der Waals surface area contributed by atoms with Crippen LogP contribution in [-0.4, -0.2) is 42.2 Å². The minimum atomic E-state index is -0.764. The summed E-state index contributed by atoms with van der Waals surface area (Å²) in [6.45, 7) is -0.0163. The van der Waals surface area contributed by atoms with Crippen molar-refractivity contribution in [3.63, 3.8) is 0 Å². The molecule has 1 fully saturated rings. The summed E-state index contributed by atoms with van der Waals surface area (Å²) in [7, 11) is 1.46. The maximum absolute atomic E-state index is 11.2. The second-order valence-corrected chi connectivity index (χ2v) is 3.00. The maximum atomic E-state index is 11.2. The van der Waals surface area contributed by atoms with Crippen LogP contribution >= 0.6 is 0 Å². The SMILES string of the molecule is CNC(=O)CCN1C(=O)CC(=O)NC1=O. The van der Waals surface area contributed by atoms with Crippen molar-refractivity contribution in [2.45, 2.75) is 12.8 Å². The quantitative estimate of drug-likeness (QED) is 0.563. The summed E-state index contributed by atoms with van der Waals surface area (Å²) in [6.07, 6.45) is -0.316. The molecule has 15 heavy (non-hydrogen) atoms. The minimum absolute atomic E-state index is 0.0163. The van der Waals surface area contributed by atoms with E-state index >= 15 is 0 Å². The number of rotatable bonds is 3. The number of nitrogens with zero attached hydrogens (tertiary/aromatic N) is 1. The number of nitrogens with one attached hydrogen (secondary N) is 2. The van der Waals surface area contributed by atoms with Crippen LogP contribution in [-0.2, 0) is 14.4 Å². The van der Waals surface area contributed by atoms with E-state index in [1.165, 1.54) is 7.05 Å². The molecular formula is C8H11N3O4. The molecule has 0 aromatic carbocycles. The standard InChI is InChI=1S/C8H11N3O4/c1-9-5(12)2-3-11-7(14)4-6(13)10-8(11)15/h2-4H2,1H3,(H,9,12)(H,10,13,15). The van der Waals surface area contributed by atoms with Gasteiger partial charge in [0.05, 0.1) is 0 Å². The Morgan fingerprint density at radius 2 is 2.13 bits per heavy atom. The van der Waals surface area contributed by atoms with Crippen LogP contribution in [0.15, 0.2) is 0 Å². The molecule has 0 radical (unpaired) electrons. The summed E-state index contributed by atoms with van der Waals surface area (Å²) in [5.41, 5.74) is 0. The first-order valence-corrected chi connectivity index (χ1v) is 4.39. The Hall–Kier alpha value is -1.92. The largest absolute Gasteiger partial charge is 0.359 e. The molecule has 0 aliphatic carbocycles. The first-order chi connectivity index (χ1) is 7.04. The van der Waals surface area contributed by atoms with E-state index in [1.807, 2.05) is 5.32 Å². The first kappa shape index (κ1) is 11.2. The lowest BCUT2D eigenvalue weighted by atomic mass is 10.2. The van der Waals surface area contributed by atoms with Gasteiger partial charge in [-0.3, -0.25) is 24.6 Å². The van der Waals surface area contributed by atoms with E-state index < -0.39 is 17.8 Å². The normalized spacial score (nSPS) is 16.3. The molecule has 0 unspecified atom stereocenters. The van der Waals surface area contributed by atoms with Gasteiger partial charge in [-0.2, -0.15) is 0 Å². The minimum Gasteiger partial charge on any atom is -0.359 e. The Morgan fingerprint density at radius 3 is 2.67 bits per heavy atom. The molecule has 0 atom stereocenters. The highest BCUT2D eigenvalue weighted by Crippen LogP contribution is 2.03. The highest BCUT2D eigenvalue weighted by atomic mass is 16.2. The van der Waals surface area contributed by atoms with Crippen LogP contribution in [0.5, 0.6) is 0 Å². The highest BCUT2D eigenvalue weighted by molar-refractivity contribution is 6.14. The predicted molar refractivity (Wildman–Crippen MR) is 48.6 cm³/mol. The average molecular weight is 213 g/mol. The molecular weight excluding hydrogens is 202 g/mol. The summed E-state index contributed by atoms with van der Waals surface area (Å²) in [4.78, 5) is 44.9. The second kappa shape index (κ2) is 4.54. The predicted octanol–water partition coefficient (Wildman–Crippen LogP) is -1.41. The van der Waals surface area contributed by atoms with E-state index in [0.717, 1.165) is 4.90 Å². The molecule has 1 heterocycles. The van der Waals surface area contributed by atoms with Crippen molar-refractivity contribution >= 4 is 23.8 Å². The fraction of sp³-hybridized carbons (Fsp3) is 0.500. The zero-order valence-corrected chi connectivity index (χ0v) is 8.20. The van der Waals surface area contributed by atoms with Gasteiger partial charge in [0, 0.05) is 20.0 Å². The number of hydrogen-bond donors (Lipinski definition) is 2. The van der Waals surface area contributed by atoms with E-state index in [2.05, 4.69) is 5.32 Å². The van der Waals surface area contributed by atoms with Crippen LogP contribution in [0.4, 0.5) is 4.79 Å². The fourth-order valence-corrected chi connectivity index (χ4v) is 1.14. The zero-order chi connectivity index (χ0) is 11.4. The molecule has 0 saturated carbocycles. The van der Waals surface area contributed by atoms with Crippen LogP contribution in [0, 0.1) is 0 Å². The summed E-state index contributed by atoms with van der Waals surface area (Å²) in [5, 5.41) is 4.36. The lowest BCUT2D eigenvalue weighted by molar-refractivity contribution is -0.136. The van der Waals surface area contributed by atoms with E-state index in [1.54, 1.807) is 0 Å². The van der Waals surface area contributed by atoms with Crippen molar-refractivity contribution in [1.29, 1.82) is 0 Å². The Morgan fingerprint density at radius 1 is 1.47 bits per heavy atom. The van der Waals surface area contributed by atoms with Crippen LogP contribution in [0.1, 0.15) is 12.8 Å². The van der Waals surface area contributed by atoms with E-state index in [4.69, 9.17) is 0 Å². The molecule has 1 aliphatic rings. The van der Waals surface area contributed by atoms with Gasteiger partial charge in [0.1, 0.15) is 6.42 Å². The second-order valence-electron chi connectivity index (χ2n) is 3.00. The van der Waals surface area contributed by atoms with Gasteiger partial charge in [-0.05, 0) is 0 Å². The van der Waals surface area contributed by atoms with Gasteiger partial charge >= 0.3 is 6.03 Å². The van der Waals surface area contributed by atoms with Gasteiger partial charge in [0.2, 0.25) is 17.7 Å². The van der Waals surface area contributed by atoms with Crippen LogP contribution in [0.25, 0.3) is 0 Å². The number of urea groups is 1. The smallest absolute Gasteiger partial charge is 0.330 e. The molecule has 0 bridgehead atoms. The van der Waals surface area contributed by atoms with Crippen molar-refractivity contribution in [3.05, 3.63) is 0 Å². The van der Waals surface area contributed by atoms with Gasteiger partial charge in [0.25, 0.3) is 0 Å². The molecule has 7 heteroatoms. The molecule has 82 valence electrons. The third-order valence-corrected chi connectivity index (χ3v) is 1.95. The molecule has 0 aromatic heterocycles. The van der Waals surface area contributed by atoms with Gasteiger partial charge < -0.3 is 5.32 Å². The van der Waals surface area contributed by atoms with Gasteiger partial charge in [-0.15, -0.1) is 0 Å². The Balaban J connectivity index is 2.53. The van der Waals surface area contributed by atoms with Crippen molar-refractivity contribution in [1.82, 2.24) is 15.5 Å². The third-order valence-electron chi connectivity index (χ3n) is 1.95. The molecule has 7 nitrogen and oxygen atoms in total.